The van der Waals surface area contributed by atoms with Crippen molar-refractivity contribution in [1.29, 1.82) is 0 Å². The lowest BCUT2D eigenvalue weighted by Gasteiger charge is -2.18. The van der Waals surface area contributed by atoms with Gasteiger partial charge in [-0.15, -0.1) is 0 Å². The van der Waals surface area contributed by atoms with Crippen molar-refractivity contribution in [2.24, 2.45) is 0 Å². The minimum absolute atomic E-state index is 0.0349. The molecule has 0 fully saturated rings. The second-order valence-corrected chi connectivity index (χ2v) is 13.3. The van der Waals surface area contributed by atoms with Gasteiger partial charge in [0.25, 0.3) is 10.9 Å². The third kappa shape index (κ3) is 6.19. The van der Waals surface area contributed by atoms with Crippen molar-refractivity contribution < 1.29 is 39.9 Å². The summed E-state index contributed by atoms with van der Waals surface area (Å²) >= 11 is 1.23. The topological polar surface area (TPSA) is 137 Å². The van der Waals surface area contributed by atoms with Crippen LogP contribution in [0.3, 0.4) is 0 Å². The molecule has 0 unspecified atom stereocenters. The molecule has 14 heteroatoms. The average molecular weight is 592 g/mol. The van der Waals surface area contributed by atoms with E-state index in [1.54, 1.807) is 17.0 Å². The third-order valence-electron chi connectivity index (χ3n) is 5.91. The second-order valence-electron chi connectivity index (χ2n) is 8.95. The van der Waals surface area contributed by atoms with Gasteiger partial charge in [0.05, 0.1) is 28.1 Å². The first kappa shape index (κ1) is 27.0. The van der Waals surface area contributed by atoms with Gasteiger partial charge in [0, 0.05) is 18.4 Å². The Morgan fingerprint density at radius 1 is 1.13 bits per heavy atom. The molecule has 39 heavy (non-hydrogen) atoms. The van der Waals surface area contributed by atoms with Crippen molar-refractivity contribution in [3.63, 3.8) is 0 Å². The Labute approximate surface area is 227 Å². The number of halogens is 1. The predicted molar refractivity (Wildman–Crippen MR) is 144 cm³/mol. The van der Waals surface area contributed by atoms with Gasteiger partial charge >= 0.3 is 0 Å². The number of hydrogen-bond donors (Lipinski definition) is 1. The van der Waals surface area contributed by atoms with Crippen LogP contribution in [0.4, 0.5) is 10.1 Å². The lowest BCUT2D eigenvalue weighted by Crippen LogP contribution is -2.45. The fraction of sp³-hybridized carbons (Fsp3) is 0.200. The molecule has 1 N–H and O–H groups in total. The van der Waals surface area contributed by atoms with Crippen LogP contribution in [-0.4, -0.2) is 45.8 Å². The van der Waals surface area contributed by atoms with Crippen LogP contribution < -0.4 is 18.9 Å². The lowest BCUT2D eigenvalue weighted by atomic mass is 10.1. The number of anilines is 1. The maximum Gasteiger partial charge on any atom is 0.299 e. The number of aromatic nitrogens is 1. The van der Waals surface area contributed by atoms with E-state index in [4.69, 9.17) is 4.74 Å². The number of carbonyl (C=O) groups excluding carboxylic acids is 1. The van der Waals surface area contributed by atoms with E-state index in [0.29, 0.717) is 32.5 Å². The van der Waals surface area contributed by atoms with Gasteiger partial charge in [0.2, 0.25) is 28.0 Å². The zero-order valence-electron chi connectivity index (χ0n) is 20.5. The Hall–Kier alpha value is -3.59. The van der Waals surface area contributed by atoms with Gasteiger partial charge in [0.1, 0.15) is 10.5 Å². The van der Waals surface area contributed by atoms with E-state index in [1.165, 1.54) is 28.0 Å². The molecule has 0 saturated carbocycles. The fourth-order valence-electron chi connectivity index (χ4n) is 4.36. The predicted octanol–water partition coefficient (Wildman–Crippen LogP) is 2.69. The molecule has 1 aromatic heterocycles. The summed E-state index contributed by atoms with van der Waals surface area (Å²) in [5.41, 5.74) is 1.04. The summed E-state index contributed by atoms with van der Waals surface area (Å²) < 4.78 is 81.2. The third-order valence-corrected chi connectivity index (χ3v) is 8.41. The molecular formula is C25H22FN3O7S3. The molecule has 10 nitrogen and oxygen atoms in total. The molecule has 0 aliphatic carbocycles. The van der Waals surface area contributed by atoms with E-state index in [2.05, 4.69) is 0 Å². The maximum absolute atomic E-state index is 14.1. The van der Waals surface area contributed by atoms with Crippen molar-refractivity contribution in [2.45, 2.75) is 13.0 Å². The summed E-state index contributed by atoms with van der Waals surface area (Å²) in [6, 6.07) is 15.4. The van der Waals surface area contributed by atoms with Crippen molar-refractivity contribution >= 4 is 70.1 Å². The Morgan fingerprint density at radius 2 is 1.85 bits per heavy atom. The van der Waals surface area contributed by atoms with Crippen LogP contribution in [-0.2, 0) is 31.5 Å². The highest BCUT2D eigenvalue weighted by molar-refractivity contribution is 7.89. The van der Waals surface area contributed by atoms with Crippen LogP contribution in [0.15, 0.2) is 60.5 Å². The summed E-state index contributed by atoms with van der Waals surface area (Å²) in [5.74, 6) is -1.10. The first-order chi connectivity index (χ1) is 18.4. The maximum atomic E-state index is 14.1. The summed E-state index contributed by atoms with van der Waals surface area (Å²) in [4.78, 5) is 14.2. The molecule has 2 heterocycles. The van der Waals surface area contributed by atoms with Crippen LogP contribution in [0.2, 0.25) is 0 Å². The smallest absolute Gasteiger partial charge is 0.299 e. The highest BCUT2D eigenvalue weighted by Crippen LogP contribution is 2.42. The zero-order chi connectivity index (χ0) is 27.9. The van der Waals surface area contributed by atoms with Crippen molar-refractivity contribution in [1.82, 2.24) is 4.72 Å². The van der Waals surface area contributed by atoms with Gasteiger partial charge < -0.3 is 14.2 Å². The molecule has 0 atom stereocenters. The highest BCUT2D eigenvalue weighted by Gasteiger charge is 2.30. The molecule has 0 spiro atoms. The molecule has 0 radical (unpaired) electrons. The SMILES string of the molecule is CS(=O)(=O)NC(=O)C[n+]1c(C=C2Oc3cc4ccccc4cc3N2CCCS(=O)(=O)[O-])sc2ccc(F)cc21. The van der Waals surface area contributed by atoms with Crippen LogP contribution in [0.25, 0.3) is 27.1 Å². The number of rotatable bonds is 8. The molecule has 0 bridgehead atoms. The standard InChI is InChI=1S/C25H22FN3O7S3/c1-38(31,32)27-23(30)15-29-20-13-18(26)7-8-22(20)37-25(29)14-24-28(9-4-10-39(33,34)35)19-11-16-5-2-3-6-17(16)12-21(19)36-24/h2-3,5-8,11-14H,4,9-10,15H2,1H3,(H-,27,30,33,34,35). The molecule has 204 valence electrons. The number of benzene rings is 3. The van der Waals surface area contributed by atoms with Gasteiger partial charge in [-0.1, -0.05) is 35.6 Å². The number of nitrogens with one attached hydrogen (secondary N) is 1. The van der Waals surface area contributed by atoms with Crippen LogP contribution in [0.5, 0.6) is 5.75 Å². The Morgan fingerprint density at radius 3 is 2.54 bits per heavy atom. The Balaban J connectivity index is 1.59. The molecule has 3 aromatic carbocycles. The minimum atomic E-state index is -4.43. The monoisotopic (exact) mass is 591 g/mol. The number of fused-ring (bicyclic) bond motifs is 3. The Bertz CT molecular complexity index is 1870. The Kier molecular flexibility index (Phi) is 7.05. The number of ether oxygens (including phenoxy) is 1. The van der Waals surface area contributed by atoms with Gasteiger partial charge in [-0.05, 0) is 41.5 Å². The molecule has 1 aliphatic heterocycles. The summed E-state index contributed by atoms with van der Waals surface area (Å²) in [7, 11) is -8.25. The van der Waals surface area contributed by atoms with Gasteiger partial charge in [-0.2, -0.15) is 4.57 Å². The molecule has 5 rings (SSSR count). The second kappa shape index (κ2) is 10.2. The average Bonchev–Trinajstić information content (AvgIpc) is 3.32. The van der Waals surface area contributed by atoms with Crippen molar-refractivity contribution in [3.8, 4) is 5.75 Å². The van der Waals surface area contributed by atoms with E-state index >= 15 is 0 Å². The van der Waals surface area contributed by atoms with Gasteiger partial charge in [-0.3, -0.25) is 4.79 Å². The van der Waals surface area contributed by atoms with Crippen molar-refractivity contribution in [2.75, 3.05) is 23.5 Å². The zero-order valence-corrected chi connectivity index (χ0v) is 22.9. The molecule has 0 saturated heterocycles. The van der Waals surface area contributed by atoms with Gasteiger partial charge in [0.15, 0.2) is 5.75 Å². The van der Waals surface area contributed by atoms with E-state index in [1.807, 2.05) is 41.1 Å². The summed E-state index contributed by atoms with van der Waals surface area (Å²) in [5, 5.41) is 2.30. The molecule has 1 aliphatic rings. The number of carbonyl (C=O) groups is 1. The fourth-order valence-corrected chi connectivity index (χ4v) is 6.39. The van der Waals surface area contributed by atoms with E-state index in [9.17, 15) is 30.6 Å². The number of nitrogens with zero attached hydrogens (tertiary/aromatic N) is 2. The molecular weight excluding hydrogens is 569 g/mol. The summed E-state index contributed by atoms with van der Waals surface area (Å²) in [6.45, 7) is -0.270. The summed E-state index contributed by atoms with van der Waals surface area (Å²) in [6.07, 6.45) is 2.51. The number of amides is 1. The minimum Gasteiger partial charge on any atom is -0.748 e. The van der Waals surface area contributed by atoms with E-state index in [0.717, 1.165) is 17.0 Å². The number of sulfonamides is 1. The van der Waals surface area contributed by atoms with Crippen LogP contribution >= 0.6 is 11.3 Å². The molecule has 1 amide bonds. The number of thiazole rings is 1. The first-order valence-electron chi connectivity index (χ1n) is 11.6. The largest absolute Gasteiger partial charge is 0.748 e. The van der Waals surface area contributed by atoms with Gasteiger partial charge in [-0.25, -0.2) is 25.9 Å². The molecule has 4 aromatic rings. The van der Waals surface area contributed by atoms with Crippen LogP contribution in [0.1, 0.15) is 11.4 Å². The van der Waals surface area contributed by atoms with Crippen molar-refractivity contribution in [3.05, 3.63) is 71.3 Å². The normalized spacial score (nSPS) is 14.6. The van der Waals surface area contributed by atoms with E-state index in [-0.39, 0.29) is 13.0 Å². The first-order valence-corrected chi connectivity index (χ1v) is 15.9. The van der Waals surface area contributed by atoms with Crippen LogP contribution in [0, 0.1) is 5.82 Å². The van der Waals surface area contributed by atoms with E-state index < -0.39 is 44.2 Å². The quantitative estimate of drug-likeness (QED) is 0.244. The highest BCUT2D eigenvalue weighted by atomic mass is 32.2. The lowest BCUT2D eigenvalue weighted by molar-refractivity contribution is -0.655. The number of hydrogen-bond acceptors (Lipinski definition) is 9.